The fourth-order valence-electron chi connectivity index (χ4n) is 4.67. The number of nitrogens with one attached hydrogen (secondary N) is 3. The van der Waals surface area contributed by atoms with E-state index in [0.717, 1.165) is 40.6 Å². The third-order valence-corrected chi connectivity index (χ3v) is 6.40. The van der Waals surface area contributed by atoms with Gasteiger partial charge in [0.1, 0.15) is 24.9 Å². The molecule has 0 saturated carbocycles. The maximum atomic E-state index is 13.2. The predicted molar refractivity (Wildman–Crippen MR) is 142 cm³/mol. The number of carbonyl (C=O) groups is 2. The summed E-state index contributed by atoms with van der Waals surface area (Å²) >= 11 is 0. The monoisotopic (exact) mass is 498 g/mol. The van der Waals surface area contributed by atoms with Crippen LogP contribution in [-0.2, 0) is 29.6 Å². The van der Waals surface area contributed by atoms with E-state index in [1.165, 1.54) is 0 Å². The fourth-order valence-corrected chi connectivity index (χ4v) is 4.67. The molecule has 1 aromatic carbocycles. The molecule has 3 heterocycles. The van der Waals surface area contributed by atoms with E-state index in [-0.39, 0.29) is 30.3 Å². The molecule has 0 atom stereocenters. The van der Waals surface area contributed by atoms with Gasteiger partial charge in [0, 0.05) is 49.0 Å². The first-order valence-corrected chi connectivity index (χ1v) is 12.2. The van der Waals surface area contributed by atoms with Gasteiger partial charge < -0.3 is 24.9 Å². The van der Waals surface area contributed by atoms with E-state index in [4.69, 9.17) is 4.74 Å². The number of H-pyrrole nitrogens is 1. The second kappa shape index (κ2) is 10.0. The molecule has 0 fully saturated rings. The van der Waals surface area contributed by atoms with Crippen LogP contribution in [0.4, 0.5) is 17.2 Å². The number of aryl methyl sites for hydroxylation is 1. The molecule has 0 saturated heterocycles. The number of hydrogen-bond acceptors (Lipinski definition) is 6. The SMILES string of the molecule is Cn1ccnc1COCC(=O)Nc1cc(-c2[nH]c3c(c2Nc2ccccc2)C(=O)CC(C)(C)C3)ccn1. The minimum Gasteiger partial charge on any atom is -0.364 e. The van der Waals surface area contributed by atoms with Crippen molar-refractivity contribution < 1.29 is 14.3 Å². The number of nitrogens with zero attached hydrogens (tertiary/aromatic N) is 3. The number of hydrogen-bond donors (Lipinski definition) is 3. The molecule has 0 radical (unpaired) electrons. The number of ketones is 1. The number of anilines is 3. The van der Waals surface area contributed by atoms with Crippen LogP contribution in [0.15, 0.2) is 61.1 Å². The first kappa shape index (κ1) is 24.5. The van der Waals surface area contributed by atoms with Gasteiger partial charge in [0.15, 0.2) is 5.78 Å². The largest absolute Gasteiger partial charge is 0.364 e. The molecule has 1 amide bonds. The van der Waals surface area contributed by atoms with Gasteiger partial charge in [0.05, 0.1) is 16.9 Å². The average molecular weight is 499 g/mol. The number of ether oxygens (including phenoxy) is 1. The Morgan fingerprint density at radius 1 is 1.14 bits per heavy atom. The molecule has 0 bridgehead atoms. The number of carbonyl (C=O) groups excluding carboxylic acids is 2. The number of pyridine rings is 1. The third-order valence-electron chi connectivity index (χ3n) is 6.40. The smallest absolute Gasteiger partial charge is 0.251 e. The molecule has 190 valence electrons. The van der Waals surface area contributed by atoms with Gasteiger partial charge in [-0.3, -0.25) is 9.59 Å². The van der Waals surface area contributed by atoms with E-state index in [1.807, 2.05) is 54.2 Å². The summed E-state index contributed by atoms with van der Waals surface area (Å²) in [5.41, 5.74) is 4.70. The second-order valence-corrected chi connectivity index (χ2v) is 10.1. The molecular formula is C28H30N6O3. The van der Waals surface area contributed by atoms with Gasteiger partial charge in [-0.2, -0.15) is 0 Å². The Balaban J connectivity index is 1.39. The van der Waals surface area contributed by atoms with Crippen molar-refractivity contribution in [1.82, 2.24) is 19.5 Å². The van der Waals surface area contributed by atoms with Gasteiger partial charge in [0.2, 0.25) is 0 Å². The van der Waals surface area contributed by atoms with Crippen LogP contribution in [0.2, 0.25) is 0 Å². The normalized spacial score (nSPS) is 14.3. The number of aromatic nitrogens is 4. The van der Waals surface area contributed by atoms with Gasteiger partial charge in [-0.1, -0.05) is 32.0 Å². The number of aromatic amines is 1. The fraction of sp³-hybridized carbons (Fsp3) is 0.286. The zero-order valence-electron chi connectivity index (χ0n) is 21.2. The highest BCUT2D eigenvalue weighted by Crippen LogP contribution is 2.43. The lowest BCUT2D eigenvalue weighted by Gasteiger charge is -2.28. The molecule has 1 aliphatic carbocycles. The van der Waals surface area contributed by atoms with E-state index in [1.54, 1.807) is 18.5 Å². The molecule has 0 unspecified atom stereocenters. The lowest BCUT2D eigenvalue weighted by Crippen LogP contribution is -2.26. The predicted octanol–water partition coefficient (Wildman–Crippen LogP) is 4.86. The third kappa shape index (κ3) is 5.46. The van der Waals surface area contributed by atoms with Crippen LogP contribution in [-0.4, -0.2) is 37.8 Å². The van der Waals surface area contributed by atoms with E-state index in [2.05, 4.69) is 39.4 Å². The van der Waals surface area contributed by atoms with Crippen LogP contribution < -0.4 is 10.6 Å². The van der Waals surface area contributed by atoms with E-state index in [0.29, 0.717) is 17.8 Å². The summed E-state index contributed by atoms with van der Waals surface area (Å²) in [5, 5.41) is 6.25. The summed E-state index contributed by atoms with van der Waals surface area (Å²) in [5.74, 6) is 0.927. The van der Waals surface area contributed by atoms with Crippen molar-refractivity contribution in [1.29, 1.82) is 0 Å². The highest BCUT2D eigenvalue weighted by Gasteiger charge is 2.35. The van der Waals surface area contributed by atoms with Gasteiger partial charge in [0.25, 0.3) is 5.91 Å². The maximum Gasteiger partial charge on any atom is 0.251 e. The summed E-state index contributed by atoms with van der Waals surface area (Å²) in [4.78, 5) is 37.7. The van der Waals surface area contributed by atoms with Crippen molar-refractivity contribution in [3.05, 3.63) is 78.1 Å². The number of benzene rings is 1. The Kier molecular flexibility index (Phi) is 6.62. The molecule has 3 aromatic heterocycles. The number of imidazole rings is 1. The highest BCUT2D eigenvalue weighted by molar-refractivity contribution is 6.08. The zero-order chi connectivity index (χ0) is 26.0. The molecule has 0 spiro atoms. The lowest BCUT2D eigenvalue weighted by atomic mass is 9.76. The Morgan fingerprint density at radius 2 is 1.95 bits per heavy atom. The molecule has 4 aromatic rings. The van der Waals surface area contributed by atoms with E-state index >= 15 is 0 Å². The standard InChI is InChI=1S/C28H30N6O3/c1-28(2)14-20-25(21(35)15-28)27(31-19-7-5-4-6-8-19)26(32-20)18-9-10-29-22(13-18)33-24(36)17-37-16-23-30-11-12-34(23)3/h4-13,31-32H,14-17H2,1-3H3,(H,29,33,36). The summed E-state index contributed by atoms with van der Waals surface area (Å²) in [6.07, 6.45) is 6.39. The van der Waals surface area contributed by atoms with Crippen molar-refractivity contribution in [2.75, 3.05) is 17.2 Å². The minimum absolute atomic E-state index is 0.111. The molecule has 9 heteroatoms. The minimum atomic E-state index is -0.316. The average Bonchev–Trinajstić information content (AvgIpc) is 3.42. The molecule has 37 heavy (non-hydrogen) atoms. The van der Waals surface area contributed by atoms with E-state index in [9.17, 15) is 9.59 Å². The van der Waals surface area contributed by atoms with Crippen LogP contribution in [0.3, 0.4) is 0 Å². The Hall–Kier alpha value is -4.24. The van der Waals surface area contributed by atoms with Crippen LogP contribution in [0.1, 0.15) is 42.1 Å². The van der Waals surface area contributed by atoms with Crippen molar-refractivity contribution in [2.45, 2.75) is 33.3 Å². The highest BCUT2D eigenvalue weighted by atomic mass is 16.5. The van der Waals surface area contributed by atoms with Crippen molar-refractivity contribution in [3.63, 3.8) is 0 Å². The Morgan fingerprint density at radius 3 is 2.70 bits per heavy atom. The molecule has 3 N–H and O–H groups in total. The van der Waals surface area contributed by atoms with Crippen LogP contribution in [0, 0.1) is 5.41 Å². The molecule has 5 rings (SSSR count). The van der Waals surface area contributed by atoms with Gasteiger partial charge in [-0.05, 0) is 36.1 Å². The molecule has 0 aliphatic heterocycles. The molecular weight excluding hydrogens is 468 g/mol. The number of fused-ring (bicyclic) bond motifs is 1. The zero-order valence-corrected chi connectivity index (χ0v) is 21.2. The van der Waals surface area contributed by atoms with Gasteiger partial charge in [-0.15, -0.1) is 0 Å². The summed E-state index contributed by atoms with van der Waals surface area (Å²) in [7, 11) is 1.87. The number of rotatable bonds is 8. The second-order valence-electron chi connectivity index (χ2n) is 10.1. The molecule has 9 nitrogen and oxygen atoms in total. The van der Waals surface area contributed by atoms with Crippen molar-refractivity contribution in [2.24, 2.45) is 12.5 Å². The van der Waals surface area contributed by atoms with Crippen molar-refractivity contribution >= 4 is 28.9 Å². The molecule has 1 aliphatic rings. The summed E-state index contributed by atoms with van der Waals surface area (Å²) in [6, 6.07) is 13.4. The van der Waals surface area contributed by atoms with Crippen LogP contribution in [0.25, 0.3) is 11.3 Å². The Labute approximate surface area is 215 Å². The van der Waals surface area contributed by atoms with E-state index < -0.39 is 0 Å². The topological polar surface area (TPSA) is 114 Å². The van der Waals surface area contributed by atoms with Gasteiger partial charge >= 0.3 is 0 Å². The summed E-state index contributed by atoms with van der Waals surface area (Å²) < 4.78 is 7.34. The summed E-state index contributed by atoms with van der Waals surface area (Å²) in [6.45, 7) is 4.32. The van der Waals surface area contributed by atoms with Crippen LogP contribution in [0.5, 0.6) is 0 Å². The maximum absolute atomic E-state index is 13.2. The quantitative estimate of drug-likeness (QED) is 0.320. The first-order chi connectivity index (χ1) is 17.8. The first-order valence-electron chi connectivity index (χ1n) is 12.2. The number of para-hydroxylation sites is 1. The number of amides is 1. The van der Waals surface area contributed by atoms with Crippen molar-refractivity contribution in [3.8, 4) is 11.3 Å². The number of Topliss-reactive ketones (excluding diaryl/α,β-unsaturated/α-hetero) is 1. The van der Waals surface area contributed by atoms with Crippen LogP contribution >= 0.6 is 0 Å². The van der Waals surface area contributed by atoms with Gasteiger partial charge in [-0.25, -0.2) is 9.97 Å². The Bertz CT molecular complexity index is 1440. The lowest BCUT2D eigenvalue weighted by molar-refractivity contribution is -0.121.